The third-order valence-corrected chi connectivity index (χ3v) is 13.9. The van der Waals surface area contributed by atoms with Crippen LogP contribution in [-0.4, -0.2) is 37.2 Å². The first-order valence-corrected chi connectivity index (χ1v) is 29.4. The molecule has 0 heterocycles. The molecule has 0 amide bonds. The van der Waals surface area contributed by atoms with E-state index in [1.54, 1.807) is 0 Å². The molecule has 0 fully saturated rings. The van der Waals surface area contributed by atoms with Crippen molar-refractivity contribution in [3.8, 4) is 0 Å². The highest BCUT2D eigenvalue weighted by Gasteiger charge is 2.19. The summed E-state index contributed by atoms with van der Waals surface area (Å²) in [6, 6.07) is 0. The van der Waals surface area contributed by atoms with Crippen molar-refractivity contribution in [2.24, 2.45) is 5.92 Å². The molecule has 0 aliphatic heterocycles. The van der Waals surface area contributed by atoms with E-state index in [9.17, 15) is 14.4 Å². The van der Waals surface area contributed by atoms with Crippen LogP contribution in [0.2, 0.25) is 0 Å². The normalized spacial score (nSPS) is 12.4. The minimum absolute atomic E-state index is 0.0622. The number of rotatable bonds is 54. The summed E-state index contributed by atoms with van der Waals surface area (Å²) < 4.78 is 16.9. The van der Waals surface area contributed by atoms with Crippen LogP contribution in [-0.2, 0) is 28.6 Å². The number of hydrogen-bond donors (Lipinski definition) is 0. The Labute approximate surface area is 406 Å². The van der Waals surface area contributed by atoms with Crippen LogP contribution >= 0.6 is 0 Å². The highest BCUT2D eigenvalue weighted by Crippen LogP contribution is 2.18. The number of hydrogen-bond acceptors (Lipinski definition) is 6. The first-order valence-electron chi connectivity index (χ1n) is 29.4. The van der Waals surface area contributed by atoms with E-state index in [-0.39, 0.29) is 31.1 Å². The molecule has 1 unspecified atom stereocenters. The maximum Gasteiger partial charge on any atom is 0.306 e. The predicted octanol–water partition coefficient (Wildman–Crippen LogP) is 19.4. The zero-order valence-electron chi connectivity index (χ0n) is 44.5. The Balaban J connectivity index is 4.26. The highest BCUT2D eigenvalue weighted by atomic mass is 16.6. The Kier molecular flexibility index (Phi) is 52.1. The van der Waals surface area contributed by atoms with Gasteiger partial charge in [0.25, 0.3) is 0 Å². The Morgan fingerprint density at radius 1 is 0.308 bits per heavy atom. The maximum absolute atomic E-state index is 12.8. The smallest absolute Gasteiger partial charge is 0.306 e. The summed E-state index contributed by atoms with van der Waals surface area (Å²) in [7, 11) is 0. The van der Waals surface area contributed by atoms with Crippen LogP contribution in [0, 0.1) is 5.92 Å². The summed E-state index contributed by atoms with van der Waals surface area (Å²) in [5.41, 5.74) is 0. The van der Waals surface area contributed by atoms with E-state index in [1.807, 2.05) is 0 Å². The molecule has 6 nitrogen and oxygen atoms in total. The molecule has 0 bridgehead atoms. The van der Waals surface area contributed by atoms with E-state index in [0.717, 1.165) is 63.7 Å². The van der Waals surface area contributed by atoms with Crippen LogP contribution in [0.25, 0.3) is 0 Å². The van der Waals surface area contributed by atoms with Gasteiger partial charge >= 0.3 is 17.9 Å². The molecule has 0 aromatic carbocycles. The Hall–Kier alpha value is -1.59. The lowest BCUT2D eigenvalue weighted by molar-refractivity contribution is -0.167. The van der Waals surface area contributed by atoms with Crippen molar-refractivity contribution in [2.75, 3.05) is 13.2 Å². The average Bonchev–Trinajstić information content (AvgIpc) is 3.30. The zero-order valence-corrected chi connectivity index (χ0v) is 44.5. The SMILES string of the molecule is CCCCCCCCCCCCCCCCCCCCCC(=O)OC[C@H](COC(=O)CCCCCCCCCCC(C)CC)OC(=O)CCCCCCCCCCCCCCCCCC. The van der Waals surface area contributed by atoms with Crippen LogP contribution in [0.5, 0.6) is 0 Å². The zero-order chi connectivity index (χ0) is 47.4. The van der Waals surface area contributed by atoms with Gasteiger partial charge in [-0.25, -0.2) is 0 Å². The minimum Gasteiger partial charge on any atom is -0.462 e. The summed E-state index contributed by atoms with van der Waals surface area (Å²) in [6.45, 7) is 9.06. The van der Waals surface area contributed by atoms with Gasteiger partial charge in [0, 0.05) is 19.3 Å². The minimum atomic E-state index is -0.762. The predicted molar refractivity (Wildman–Crippen MR) is 280 cm³/mol. The number of carbonyl (C=O) groups excluding carboxylic acids is 3. The number of ether oxygens (including phenoxy) is 3. The monoisotopic (exact) mass is 919 g/mol. The molecule has 0 spiro atoms. The van der Waals surface area contributed by atoms with Crippen LogP contribution in [0.1, 0.15) is 336 Å². The van der Waals surface area contributed by atoms with Crippen LogP contribution in [0.4, 0.5) is 0 Å². The van der Waals surface area contributed by atoms with E-state index < -0.39 is 6.10 Å². The molecule has 0 saturated heterocycles. The summed E-state index contributed by atoms with van der Waals surface area (Å²) in [5.74, 6) is 0.0110. The van der Waals surface area contributed by atoms with Gasteiger partial charge in [-0.05, 0) is 25.2 Å². The molecule has 65 heavy (non-hydrogen) atoms. The largest absolute Gasteiger partial charge is 0.462 e. The molecule has 0 N–H and O–H groups in total. The van der Waals surface area contributed by atoms with Gasteiger partial charge in [0.2, 0.25) is 0 Å². The lowest BCUT2D eigenvalue weighted by Crippen LogP contribution is -2.30. The molecule has 0 aliphatic rings. The third kappa shape index (κ3) is 51.6. The van der Waals surface area contributed by atoms with Crippen LogP contribution in [0.15, 0.2) is 0 Å². The molecule has 0 rings (SSSR count). The molecule has 0 aromatic rings. The van der Waals surface area contributed by atoms with Crippen LogP contribution in [0.3, 0.4) is 0 Å². The van der Waals surface area contributed by atoms with Crippen molar-refractivity contribution in [1.29, 1.82) is 0 Å². The van der Waals surface area contributed by atoms with Crippen molar-refractivity contribution in [2.45, 2.75) is 342 Å². The Bertz CT molecular complexity index is 982. The lowest BCUT2D eigenvalue weighted by Gasteiger charge is -2.18. The van der Waals surface area contributed by atoms with Gasteiger partial charge in [-0.3, -0.25) is 14.4 Å². The second-order valence-corrected chi connectivity index (χ2v) is 20.5. The van der Waals surface area contributed by atoms with Crippen molar-refractivity contribution in [1.82, 2.24) is 0 Å². The Morgan fingerprint density at radius 2 is 0.538 bits per heavy atom. The molecule has 0 aliphatic carbocycles. The first-order chi connectivity index (χ1) is 31.9. The lowest BCUT2D eigenvalue weighted by atomic mass is 9.99. The van der Waals surface area contributed by atoms with E-state index in [2.05, 4.69) is 27.7 Å². The molecular formula is C59H114O6. The van der Waals surface area contributed by atoms with Gasteiger partial charge in [0.15, 0.2) is 6.10 Å². The van der Waals surface area contributed by atoms with E-state index >= 15 is 0 Å². The van der Waals surface area contributed by atoms with Crippen molar-refractivity contribution >= 4 is 17.9 Å². The van der Waals surface area contributed by atoms with Gasteiger partial charge in [0.05, 0.1) is 0 Å². The molecule has 0 saturated carbocycles. The summed E-state index contributed by atoms with van der Waals surface area (Å²) >= 11 is 0. The summed E-state index contributed by atoms with van der Waals surface area (Å²) in [5, 5.41) is 0. The van der Waals surface area contributed by atoms with Gasteiger partial charge in [-0.2, -0.15) is 0 Å². The van der Waals surface area contributed by atoms with Crippen molar-refractivity contribution < 1.29 is 28.6 Å². The summed E-state index contributed by atoms with van der Waals surface area (Å²) in [6.07, 6.45) is 58.1. The van der Waals surface area contributed by atoms with Gasteiger partial charge in [-0.15, -0.1) is 0 Å². The molecule has 6 heteroatoms. The number of carbonyl (C=O) groups is 3. The molecule has 0 aromatic heterocycles. The quantitative estimate of drug-likeness (QED) is 0.0344. The van der Waals surface area contributed by atoms with Gasteiger partial charge < -0.3 is 14.2 Å². The van der Waals surface area contributed by atoms with Crippen LogP contribution < -0.4 is 0 Å². The second kappa shape index (κ2) is 53.4. The van der Waals surface area contributed by atoms with E-state index in [1.165, 1.54) is 231 Å². The van der Waals surface area contributed by atoms with E-state index in [4.69, 9.17) is 14.2 Å². The fourth-order valence-corrected chi connectivity index (χ4v) is 9.07. The average molecular weight is 920 g/mol. The number of unbranched alkanes of at least 4 members (excludes halogenated alkanes) is 40. The topological polar surface area (TPSA) is 78.9 Å². The fraction of sp³-hybridized carbons (Fsp3) is 0.949. The molecule has 2 atom stereocenters. The molecule has 386 valence electrons. The first kappa shape index (κ1) is 63.4. The summed E-state index contributed by atoms with van der Waals surface area (Å²) in [4.78, 5) is 38.1. The third-order valence-electron chi connectivity index (χ3n) is 13.9. The maximum atomic E-state index is 12.8. The number of esters is 3. The second-order valence-electron chi connectivity index (χ2n) is 20.5. The van der Waals surface area contributed by atoms with Gasteiger partial charge in [-0.1, -0.05) is 297 Å². The van der Waals surface area contributed by atoms with Gasteiger partial charge in [0.1, 0.15) is 13.2 Å². The molecular weight excluding hydrogens is 805 g/mol. The van der Waals surface area contributed by atoms with E-state index in [0.29, 0.717) is 19.3 Å². The fourth-order valence-electron chi connectivity index (χ4n) is 9.07. The standard InChI is InChI=1S/C59H114O6/c1-5-8-10-12-14-16-18-20-22-24-25-26-28-29-31-33-38-42-46-50-57(60)63-53-56(54-64-58(61)51-47-43-39-36-35-37-41-45-49-55(4)7-3)65-59(62)52-48-44-40-34-32-30-27-23-21-19-17-15-13-11-9-6-2/h55-56H,5-54H2,1-4H3/t55?,56-/m1/s1. The van der Waals surface area contributed by atoms with Crippen molar-refractivity contribution in [3.05, 3.63) is 0 Å². The highest BCUT2D eigenvalue weighted by molar-refractivity contribution is 5.71. The molecule has 0 radical (unpaired) electrons. The van der Waals surface area contributed by atoms with Crippen molar-refractivity contribution in [3.63, 3.8) is 0 Å². The Morgan fingerprint density at radius 3 is 0.800 bits per heavy atom.